The summed E-state index contributed by atoms with van der Waals surface area (Å²) in [5.74, 6) is 0.765. The summed E-state index contributed by atoms with van der Waals surface area (Å²) in [7, 11) is 0. The Balaban J connectivity index is 2.60. The number of hydrogen-bond acceptors (Lipinski definition) is 1. The van der Waals surface area contributed by atoms with Crippen LogP contribution in [0.25, 0.3) is 0 Å². The largest absolute Gasteiger partial charge is 0.144 e. The third-order valence-electron chi connectivity index (χ3n) is 2.93. The van der Waals surface area contributed by atoms with Gasteiger partial charge in [-0.15, -0.1) is 11.3 Å². The average Bonchev–Trinajstić information content (AvgIpc) is 2.41. The van der Waals surface area contributed by atoms with Crippen LogP contribution in [-0.2, 0) is 0 Å². The molecule has 2 heteroatoms. The molecule has 1 aromatic rings. The summed E-state index contributed by atoms with van der Waals surface area (Å²) in [6, 6.07) is 2.29. The summed E-state index contributed by atoms with van der Waals surface area (Å²) in [5.41, 5.74) is 1.88. The molecule has 0 fully saturated rings. The van der Waals surface area contributed by atoms with E-state index in [0.29, 0.717) is 10.2 Å². The fraction of sp³-hybridized carbons (Fsp3) is 0.733. The summed E-state index contributed by atoms with van der Waals surface area (Å²) in [6.07, 6.45) is 2.52. The van der Waals surface area contributed by atoms with Crippen molar-refractivity contribution in [3.8, 4) is 0 Å². The van der Waals surface area contributed by atoms with Gasteiger partial charge in [0.25, 0.3) is 0 Å². The Kier molecular flexibility index (Phi) is 5.27. The Hall–Kier alpha value is 0.180. The van der Waals surface area contributed by atoms with Crippen molar-refractivity contribution >= 4 is 27.3 Å². The van der Waals surface area contributed by atoms with Gasteiger partial charge >= 0.3 is 0 Å². The molecule has 0 saturated carbocycles. The molecule has 0 bridgehead atoms. The van der Waals surface area contributed by atoms with E-state index in [4.69, 9.17) is 0 Å². The molecule has 0 aromatic carbocycles. The summed E-state index contributed by atoms with van der Waals surface area (Å²) in [5, 5.41) is 0. The minimum atomic E-state index is 0.437. The van der Waals surface area contributed by atoms with Gasteiger partial charge in [-0.25, -0.2) is 0 Å². The van der Waals surface area contributed by atoms with Crippen LogP contribution in [0.3, 0.4) is 0 Å². The summed E-state index contributed by atoms with van der Waals surface area (Å²) >= 11 is 5.80. The fourth-order valence-corrected chi connectivity index (χ4v) is 4.87. The van der Waals surface area contributed by atoms with Crippen molar-refractivity contribution in [2.75, 3.05) is 0 Å². The van der Waals surface area contributed by atoms with Crippen molar-refractivity contribution in [1.82, 2.24) is 0 Å². The van der Waals surface area contributed by atoms with Crippen molar-refractivity contribution in [1.29, 1.82) is 0 Å². The Morgan fingerprint density at radius 1 is 1.29 bits per heavy atom. The first kappa shape index (κ1) is 15.2. The number of rotatable bonds is 4. The zero-order valence-corrected chi connectivity index (χ0v) is 14.3. The molecule has 0 aliphatic rings. The lowest BCUT2D eigenvalue weighted by atomic mass is 9.83. The van der Waals surface area contributed by atoms with Gasteiger partial charge in [-0.2, -0.15) is 0 Å². The Labute approximate surface area is 119 Å². The van der Waals surface area contributed by atoms with Gasteiger partial charge in [0.15, 0.2) is 0 Å². The number of alkyl halides is 1. The molecular weight excluding hydrogens is 292 g/mol. The maximum absolute atomic E-state index is 3.87. The highest BCUT2D eigenvalue weighted by Gasteiger charge is 2.20. The van der Waals surface area contributed by atoms with Gasteiger partial charge in [-0.3, -0.25) is 0 Å². The zero-order chi connectivity index (χ0) is 13.2. The first-order chi connectivity index (χ1) is 7.69. The third kappa shape index (κ3) is 5.13. The van der Waals surface area contributed by atoms with Crippen LogP contribution < -0.4 is 0 Å². The van der Waals surface area contributed by atoms with Crippen molar-refractivity contribution in [2.45, 2.75) is 59.2 Å². The monoisotopic (exact) mass is 316 g/mol. The molecule has 0 spiro atoms. The third-order valence-corrected chi connectivity index (χ3v) is 5.33. The SMILES string of the molecule is Cc1cc(C)c(C(Br)CC(C)CC(C)(C)C)s1. The lowest BCUT2D eigenvalue weighted by molar-refractivity contribution is 0.297. The van der Waals surface area contributed by atoms with Crippen LogP contribution in [0.1, 0.15) is 60.7 Å². The molecule has 0 nitrogen and oxygen atoms in total. The van der Waals surface area contributed by atoms with E-state index in [-0.39, 0.29) is 0 Å². The predicted molar refractivity (Wildman–Crippen MR) is 83.3 cm³/mol. The number of halogens is 1. The lowest BCUT2D eigenvalue weighted by Crippen LogP contribution is -2.12. The van der Waals surface area contributed by atoms with E-state index in [1.54, 1.807) is 0 Å². The Morgan fingerprint density at radius 2 is 1.88 bits per heavy atom. The van der Waals surface area contributed by atoms with Crippen LogP contribution in [0.2, 0.25) is 0 Å². The normalized spacial score (nSPS) is 15.9. The van der Waals surface area contributed by atoms with E-state index in [2.05, 4.69) is 63.5 Å². The molecule has 1 rings (SSSR count). The minimum absolute atomic E-state index is 0.437. The molecule has 0 aliphatic carbocycles. The second kappa shape index (κ2) is 5.88. The number of thiophene rings is 1. The highest BCUT2D eigenvalue weighted by atomic mass is 79.9. The minimum Gasteiger partial charge on any atom is -0.144 e. The van der Waals surface area contributed by atoms with Crippen LogP contribution in [-0.4, -0.2) is 0 Å². The van der Waals surface area contributed by atoms with E-state index in [0.717, 1.165) is 5.92 Å². The Bertz CT molecular complexity index is 359. The van der Waals surface area contributed by atoms with Crippen LogP contribution >= 0.6 is 27.3 Å². The summed E-state index contributed by atoms with van der Waals surface area (Å²) < 4.78 is 0. The second-order valence-electron chi connectivity index (χ2n) is 6.48. The van der Waals surface area contributed by atoms with Gasteiger partial charge in [0.05, 0.1) is 0 Å². The highest BCUT2D eigenvalue weighted by Crippen LogP contribution is 2.39. The predicted octanol–water partition coefficient (Wildman–Crippen LogP) is 6.26. The summed E-state index contributed by atoms with van der Waals surface area (Å²) in [6.45, 7) is 13.8. The van der Waals surface area contributed by atoms with E-state index in [1.807, 2.05) is 11.3 Å². The van der Waals surface area contributed by atoms with E-state index in [1.165, 1.54) is 28.2 Å². The number of aryl methyl sites for hydroxylation is 2. The van der Waals surface area contributed by atoms with Crippen LogP contribution in [0.5, 0.6) is 0 Å². The van der Waals surface area contributed by atoms with E-state index >= 15 is 0 Å². The molecule has 0 N–H and O–H groups in total. The van der Waals surface area contributed by atoms with E-state index < -0.39 is 0 Å². The van der Waals surface area contributed by atoms with Gasteiger partial charge in [0.1, 0.15) is 0 Å². The molecule has 0 amide bonds. The molecule has 17 heavy (non-hydrogen) atoms. The Morgan fingerprint density at radius 3 is 2.29 bits per heavy atom. The first-order valence-electron chi connectivity index (χ1n) is 6.40. The van der Waals surface area contributed by atoms with Gasteiger partial charge < -0.3 is 0 Å². The number of hydrogen-bond donors (Lipinski definition) is 0. The van der Waals surface area contributed by atoms with Crippen molar-refractivity contribution in [3.05, 3.63) is 21.4 Å². The van der Waals surface area contributed by atoms with Crippen LogP contribution in [0, 0.1) is 25.2 Å². The summed E-state index contributed by atoms with van der Waals surface area (Å²) in [4.78, 5) is 3.47. The molecule has 2 atom stereocenters. The molecular formula is C15H25BrS. The van der Waals surface area contributed by atoms with Crippen LogP contribution in [0.15, 0.2) is 6.07 Å². The van der Waals surface area contributed by atoms with Gasteiger partial charge in [-0.05, 0) is 49.7 Å². The zero-order valence-electron chi connectivity index (χ0n) is 11.9. The quantitative estimate of drug-likeness (QED) is 0.575. The molecule has 1 heterocycles. The molecule has 0 aliphatic heterocycles. The van der Waals surface area contributed by atoms with Gasteiger partial charge in [0.2, 0.25) is 0 Å². The van der Waals surface area contributed by atoms with Crippen LogP contribution in [0.4, 0.5) is 0 Å². The lowest BCUT2D eigenvalue weighted by Gasteiger charge is -2.24. The highest BCUT2D eigenvalue weighted by molar-refractivity contribution is 9.09. The molecule has 2 unspecified atom stereocenters. The fourth-order valence-electron chi connectivity index (χ4n) is 2.56. The molecule has 1 aromatic heterocycles. The average molecular weight is 317 g/mol. The first-order valence-corrected chi connectivity index (χ1v) is 8.13. The molecule has 0 saturated heterocycles. The maximum Gasteiger partial charge on any atom is 0.0494 e. The second-order valence-corrected chi connectivity index (χ2v) is 8.87. The maximum atomic E-state index is 3.87. The van der Waals surface area contributed by atoms with Gasteiger partial charge in [0, 0.05) is 14.6 Å². The molecule has 0 radical (unpaired) electrons. The molecule has 98 valence electrons. The topological polar surface area (TPSA) is 0 Å². The smallest absolute Gasteiger partial charge is 0.0494 e. The standard InChI is InChI=1S/C15H25BrS/c1-10(9-15(4,5)6)7-13(16)14-11(2)8-12(3)17-14/h8,10,13H,7,9H2,1-6H3. The van der Waals surface area contributed by atoms with Crippen molar-refractivity contribution in [2.24, 2.45) is 11.3 Å². The van der Waals surface area contributed by atoms with Gasteiger partial charge in [-0.1, -0.05) is 43.6 Å². The van der Waals surface area contributed by atoms with Crippen molar-refractivity contribution < 1.29 is 0 Å². The van der Waals surface area contributed by atoms with E-state index in [9.17, 15) is 0 Å². The van der Waals surface area contributed by atoms with Crippen molar-refractivity contribution in [3.63, 3.8) is 0 Å².